The molecule has 0 aliphatic carbocycles. The van der Waals surface area contributed by atoms with Gasteiger partial charge in [-0.15, -0.1) is 22.7 Å². The van der Waals surface area contributed by atoms with Gasteiger partial charge in [0.15, 0.2) is 5.13 Å². The lowest BCUT2D eigenvalue weighted by molar-refractivity contribution is 0.103. The first-order chi connectivity index (χ1) is 13.8. The van der Waals surface area contributed by atoms with Crippen LogP contribution in [0.5, 0.6) is 0 Å². The first-order valence-electron chi connectivity index (χ1n) is 8.33. The third kappa shape index (κ3) is 3.06. The first-order valence-corrected chi connectivity index (χ1v) is 10.0. The molecule has 2 N–H and O–H groups in total. The number of nitrogens with one attached hydrogen (secondary N) is 2. The minimum atomic E-state index is -0.177. The second-order valence-electron chi connectivity index (χ2n) is 5.90. The number of benzene rings is 1. The molecule has 0 unspecified atom stereocenters. The van der Waals surface area contributed by atoms with Crippen LogP contribution < -0.4 is 5.32 Å². The van der Waals surface area contributed by atoms with Crippen molar-refractivity contribution in [2.45, 2.75) is 0 Å². The molecule has 7 nitrogen and oxygen atoms in total. The number of nitrogens with zero attached hydrogens (tertiary/aromatic N) is 4. The van der Waals surface area contributed by atoms with Crippen LogP contribution in [-0.4, -0.2) is 31.1 Å². The van der Waals surface area contributed by atoms with Crippen LogP contribution in [0.4, 0.5) is 5.13 Å². The number of anilines is 1. The van der Waals surface area contributed by atoms with E-state index in [1.165, 1.54) is 22.7 Å². The van der Waals surface area contributed by atoms with Gasteiger partial charge in [0, 0.05) is 28.7 Å². The lowest BCUT2D eigenvalue weighted by Crippen LogP contribution is -2.09. The van der Waals surface area contributed by atoms with Gasteiger partial charge in [0.1, 0.15) is 6.33 Å². The molecule has 28 heavy (non-hydrogen) atoms. The molecule has 4 aromatic heterocycles. The number of hydrogen-bond acceptors (Lipinski definition) is 7. The van der Waals surface area contributed by atoms with Gasteiger partial charge in [-0.1, -0.05) is 6.07 Å². The van der Waals surface area contributed by atoms with E-state index < -0.39 is 0 Å². The van der Waals surface area contributed by atoms with Crippen molar-refractivity contribution < 1.29 is 4.79 Å². The topological polar surface area (TPSA) is 96.5 Å². The van der Waals surface area contributed by atoms with Gasteiger partial charge in [-0.25, -0.2) is 15.0 Å². The van der Waals surface area contributed by atoms with Crippen LogP contribution in [0.1, 0.15) is 9.67 Å². The molecule has 0 spiro atoms. The van der Waals surface area contributed by atoms with Gasteiger partial charge in [0.05, 0.1) is 27.2 Å². The third-order valence-electron chi connectivity index (χ3n) is 4.18. The maximum Gasteiger partial charge on any atom is 0.267 e. The van der Waals surface area contributed by atoms with Crippen molar-refractivity contribution in [3.05, 3.63) is 65.5 Å². The summed E-state index contributed by atoms with van der Waals surface area (Å²) in [6, 6.07) is 9.73. The average molecular weight is 404 g/mol. The molecule has 136 valence electrons. The minimum Gasteiger partial charge on any atom is -0.297 e. The zero-order valence-corrected chi connectivity index (χ0v) is 15.9. The normalized spacial score (nSPS) is 11.0. The van der Waals surface area contributed by atoms with E-state index in [1.54, 1.807) is 24.8 Å². The summed E-state index contributed by atoms with van der Waals surface area (Å²) in [6.45, 7) is 0. The van der Waals surface area contributed by atoms with Crippen molar-refractivity contribution in [2.75, 3.05) is 5.32 Å². The van der Waals surface area contributed by atoms with Crippen LogP contribution in [0.2, 0.25) is 0 Å². The summed E-state index contributed by atoms with van der Waals surface area (Å²) in [6.07, 6.45) is 6.82. The molecule has 0 fully saturated rings. The summed E-state index contributed by atoms with van der Waals surface area (Å²) in [7, 11) is 0. The Morgan fingerprint density at radius 1 is 1.07 bits per heavy atom. The number of thiophene rings is 1. The Labute approximate surface area is 167 Å². The summed E-state index contributed by atoms with van der Waals surface area (Å²) < 4.78 is 0. The van der Waals surface area contributed by atoms with Gasteiger partial charge in [0.2, 0.25) is 0 Å². The minimum absolute atomic E-state index is 0.177. The van der Waals surface area contributed by atoms with Crippen LogP contribution >= 0.6 is 22.7 Å². The standard InChI is InChI=1S/C19H12N6OS2/c26-18(25-19-20-5-6-27-19)16-4-3-15(28-16)17-13-7-11(12-8-23-24-9-12)1-2-14(13)21-10-22-17/h1-10H,(H,23,24)(H,20,25,26). The van der Waals surface area contributed by atoms with E-state index in [0.717, 1.165) is 32.6 Å². The summed E-state index contributed by atoms with van der Waals surface area (Å²) in [4.78, 5) is 26.9. The quantitative estimate of drug-likeness (QED) is 0.461. The number of aromatic nitrogens is 5. The van der Waals surface area contributed by atoms with E-state index in [2.05, 4.69) is 30.5 Å². The smallest absolute Gasteiger partial charge is 0.267 e. The van der Waals surface area contributed by atoms with Crippen LogP contribution in [0.3, 0.4) is 0 Å². The molecule has 5 aromatic rings. The van der Waals surface area contributed by atoms with Crippen LogP contribution in [0.25, 0.3) is 32.6 Å². The maximum absolute atomic E-state index is 12.5. The van der Waals surface area contributed by atoms with Crippen LogP contribution in [0, 0.1) is 0 Å². The van der Waals surface area contributed by atoms with Gasteiger partial charge < -0.3 is 0 Å². The van der Waals surface area contributed by atoms with E-state index in [1.807, 2.05) is 35.8 Å². The van der Waals surface area contributed by atoms with Gasteiger partial charge in [-0.05, 0) is 29.8 Å². The SMILES string of the molecule is O=C(Nc1nccs1)c1ccc(-c2ncnc3ccc(-c4cn[nH]c4)cc23)s1. The molecular weight excluding hydrogens is 392 g/mol. The number of fused-ring (bicyclic) bond motifs is 1. The Hall–Kier alpha value is -3.43. The summed E-state index contributed by atoms with van der Waals surface area (Å²) in [5, 5.41) is 13.0. The number of H-pyrrole nitrogens is 1. The summed E-state index contributed by atoms with van der Waals surface area (Å²) >= 11 is 2.77. The molecule has 9 heteroatoms. The molecule has 0 atom stereocenters. The highest BCUT2D eigenvalue weighted by Gasteiger charge is 2.15. The fraction of sp³-hybridized carbons (Fsp3) is 0. The molecule has 1 aromatic carbocycles. The Morgan fingerprint density at radius 3 is 2.86 bits per heavy atom. The molecule has 0 aliphatic heterocycles. The lowest BCUT2D eigenvalue weighted by atomic mass is 10.0. The number of aromatic amines is 1. The van der Waals surface area contributed by atoms with Crippen molar-refractivity contribution >= 4 is 44.6 Å². The second-order valence-corrected chi connectivity index (χ2v) is 7.87. The highest BCUT2D eigenvalue weighted by atomic mass is 32.1. The van der Waals surface area contributed by atoms with E-state index in [0.29, 0.717) is 10.0 Å². The van der Waals surface area contributed by atoms with E-state index in [4.69, 9.17) is 0 Å². The molecular formula is C19H12N6OS2. The number of thiazole rings is 1. The number of amides is 1. The van der Waals surface area contributed by atoms with Crippen molar-refractivity contribution in [3.8, 4) is 21.7 Å². The average Bonchev–Trinajstić information content (AvgIpc) is 3.49. The monoisotopic (exact) mass is 404 g/mol. The predicted octanol–water partition coefficient (Wildman–Crippen LogP) is 4.46. The Morgan fingerprint density at radius 2 is 2.04 bits per heavy atom. The highest BCUT2D eigenvalue weighted by molar-refractivity contribution is 7.17. The molecule has 0 aliphatic rings. The molecule has 0 saturated carbocycles. The number of hydrogen-bond donors (Lipinski definition) is 2. The van der Waals surface area contributed by atoms with Crippen LogP contribution in [-0.2, 0) is 0 Å². The van der Waals surface area contributed by atoms with Crippen LogP contribution in [0.15, 0.2) is 60.6 Å². The molecule has 1 amide bonds. The van der Waals surface area contributed by atoms with E-state index in [-0.39, 0.29) is 5.91 Å². The van der Waals surface area contributed by atoms with Gasteiger partial charge >= 0.3 is 0 Å². The van der Waals surface area contributed by atoms with Gasteiger partial charge in [-0.2, -0.15) is 5.10 Å². The third-order valence-corrected chi connectivity index (χ3v) is 5.96. The van der Waals surface area contributed by atoms with Gasteiger partial charge in [0.25, 0.3) is 5.91 Å². The largest absolute Gasteiger partial charge is 0.297 e. The number of carbonyl (C=O) groups excluding carboxylic acids is 1. The van der Waals surface area contributed by atoms with E-state index >= 15 is 0 Å². The predicted molar refractivity (Wildman–Crippen MR) is 110 cm³/mol. The van der Waals surface area contributed by atoms with Gasteiger partial charge in [-0.3, -0.25) is 15.2 Å². The second kappa shape index (κ2) is 6.95. The van der Waals surface area contributed by atoms with Crippen molar-refractivity contribution in [1.29, 1.82) is 0 Å². The summed E-state index contributed by atoms with van der Waals surface area (Å²) in [5.41, 5.74) is 3.66. The first kappa shape index (κ1) is 16.7. The number of carbonyl (C=O) groups is 1. The number of rotatable bonds is 4. The zero-order valence-electron chi connectivity index (χ0n) is 14.3. The maximum atomic E-state index is 12.5. The molecule has 0 bridgehead atoms. The van der Waals surface area contributed by atoms with Crippen molar-refractivity contribution in [3.63, 3.8) is 0 Å². The van der Waals surface area contributed by atoms with Crippen molar-refractivity contribution in [1.82, 2.24) is 25.1 Å². The molecule has 0 radical (unpaired) electrons. The molecule has 4 heterocycles. The fourth-order valence-electron chi connectivity index (χ4n) is 2.87. The highest BCUT2D eigenvalue weighted by Crippen LogP contribution is 2.33. The van der Waals surface area contributed by atoms with E-state index in [9.17, 15) is 4.79 Å². The van der Waals surface area contributed by atoms with Crippen molar-refractivity contribution in [2.24, 2.45) is 0 Å². The lowest BCUT2D eigenvalue weighted by Gasteiger charge is -2.05. The Balaban J connectivity index is 1.53. The Bertz CT molecular complexity index is 1260. The zero-order chi connectivity index (χ0) is 18.9. The molecule has 5 rings (SSSR count). The molecule has 0 saturated heterocycles. The Kier molecular flexibility index (Phi) is 4.15. The fourth-order valence-corrected chi connectivity index (χ4v) is 4.31. The summed E-state index contributed by atoms with van der Waals surface area (Å²) in [5.74, 6) is -0.177.